The van der Waals surface area contributed by atoms with Crippen LogP contribution in [0, 0.1) is 6.92 Å². The van der Waals surface area contributed by atoms with Crippen LogP contribution in [0.3, 0.4) is 0 Å². The Labute approximate surface area is 136 Å². The maximum Gasteiger partial charge on any atom is 0.240 e. The fourth-order valence-corrected chi connectivity index (χ4v) is 3.31. The lowest BCUT2D eigenvalue weighted by Gasteiger charge is -2.08. The molecule has 23 heavy (non-hydrogen) atoms. The third kappa shape index (κ3) is 4.05. The molecule has 0 fully saturated rings. The lowest BCUT2D eigenvalue weighted by molar-refractivity contribution is 0.0988. The van der Waals surface area contributed by atoms with E-state index in [0.717, 1.165) is 11.3 Å². The lowest BCUT2D eigenvalue weighted by atomic mass is 10.1. The molecule has 0 saturated carbocycles. The number of nitrogens with one attached hydrogen (secondary N) is 1. The molecule has 2 rings (SSSR count). The number of hydrogen-bond donors (Lipinski definition) is 1. The molecule has 7 heteroatoms. The van der Waals surface area contributed by atoms with Gasteiger partial charge >= 0.3 is 0 Å². The van der Waals surface area contributed by atoms with E-state index in [-0.39, 0.29) is 17.2 Å². The summed E-state index contributed by atoms with van der Waals surface area (Å²) in [6.07, 6.45) is 2.65. The molecular formula is C16H21N3O3S. The zero-order valence-corrected chi connectivity index (χ0v) is 14.4. The standard InChI is InChI=1S/C16H21N3O3S/c1-4-16(20)13-6-5-7-15(10-13)23(21,22)18-9-8-14-11-17-19(3)12(14)2/h5-7,10-11,18H,4,8-9H2,1-3H3. The number of Topliss-reactive ketones (excluding diaryl/α,β-unsaturated/α-hetero) is 1. The summed E-state index contributed by atoms with van der Waals surface area (Å²) in [6.45, 7) is 3.97. The highest BCUT2D eigenvalue weighted by atomic mass is 32.2. The summed E-state index contributed by atoms with van der Waals surface area (Å²) in [5.41, 5.74) is 2.43. The normalized spacial score (nSPS) is 11.6. The first-order valence-corrected chi connectivity index (χ1v) is 8.94. The number of carbonyl (C=O) groups is 1. The highest BCUT2D eigenvalue weighted by Crippen LogP contribution is 2.13. The first kappa shape index (κ1) is 17.4. The van der Waals surface area contributed by atoms with Gasteiger partial charge in [0.05, 0.1) is 11.1 Å². The molecule has 124 valence electrons. The van der Waals surface area contributed by atoms with Crippen LogP contribution in [0.2, 0.25) is 0 Å². The molecule has 0 atom stereocenters. The molecule has 1 aromatic carbocycles. The van der Waals surface area contributed by atoms with Crippen molar-refractivity contribution >= 4 is 15.8 Å². The Kier molecular flexibility index (Phi) is 5.33. The van der Waals surface area contributed by atoms with Gasteiger partial charge in [0.15, 0.2) is 5.78 Å². The Hall–Kier alpha value is -1.99. The first-order chi connectivity index (χ1) is 10.8. The highest BCUT2D eigenvalue weighted by molar-refractivity contribution is 7.89. The van der Waals surface area contributed by atoms with Gasteiger partial charge < -0.3 is 0 Å². The molecule has 0 bridgehead atoms. The first-order valence-electron chi connectivity index (χ1n) is 7.45. The Morgan fingerprint density at radius 3 is 2.70 bits per heavy atom. The van der Waals surface area contributed by atoms with Gasteiger partial charge in [0.25, 0.3) is 0 Å². The van der Waals surface area contributed by atoms with Gasteiger partial charge in [0, 0.05) is 31.3 Å². The fourth-order valence-electron chi connectivity index (χ4n) is 2.23. The Bertz CT molecular complexity index is 810. The number of benzene rings is 1. The molecule has 0 radical (unpaired) electrons. The average Bonchev–Trinajstić information content (AvgIpc) is 2.86. The minimum atomic E-state index is -3.63. The highest BCUT2D eigenvalue weighted by Gasteiger charge is 2.16. The summed E-state index contributed by atoms with van der Waals surface area (Å²) in [7, 11) is -1.78. The number of nitrogens with zero attached hydrogens (tertiary/aromatic N) is 2. The van der Waals surface area contributed by atoms with E-state index in [0.29, 0.717) is 18.4 Å². The number of rotatable bonds is 7. The molecule has 0 aliphatic carbocycles. The Balaban J connectivity index is 2.07. The van der Waals surface area contributed by atoms with E-state index >= 15 is 0 Å². The average molecular weight is 335 g/mol. The second-order valence-electron chi connectivity index (χ2n) is 5.33. The topological polar surface area (TPSA) is 81.1 Å². The van der Waals surface area contributed by atoms with E-state index in [2.05, 4.69) is 9.82 Å². The third-order valence-corrected chi connectivity index (χ3v) is 5.27. The van der Waals surface area contributed by atoms with Crippen LogP contribution in [-0.2, 0) is 23.5 Å². The molecule has 1 N–H and O–H groups in total. The van der Waals surface area contributed by atoms with E-state index in [1.165, 1.54) is 12.1 Å². The van der Waals surface area contributed by atoms with Gasteiger partial charge in [-0.25, -0.2) is 13.1 Å². The molecule has 0 aliphatic rings. The summed E-state index contributed by atoms with van der Waals surface area (Å²) in [4.78, 5) is 11.8. The van der Waals surface area contributed by atoms with Crippen LogP contribution in [0.25, 0.3) is 0 Å². The van der Waals surface area contributed by atoms with Crippen molar-refractivity contribution in [3.05, 3.63) is 47.3 Å². The smallest absolute Gasteiger partial charge is 0.240 e. The van der Waals surface area contributed by atoms with Gasteiger partial charge in [-0.1, -0.05) is 19.1 Å². The van der Waals surface area contributed by atoms with Crippen molar-refractivity contribution in [1.82, 2.24) is 14.5 Å². The third-order valence-electron chi connectivity index (χ3n) is 3.81. The molecule has 0 amide bonds. The fraction of sp³-hybridized carbons (Fsp3) is 0.375. The van der Waals surface area contributed by atoms with E-state index in [1.807, 2.05) is 14.0 Å². The number of aryl methyl sites for hydroxylation is 1. The molecule has 6 nitrogen and oxygen atoms in total. The van der Waals surface area contributed by atoms with Gasteiger partial charge in [0.2, 0.25) is 10.0 Å². The van der Waals surface area contributed by atoms with Gasteiger partial charge in [-0.2, -0.15) is 5.10 Å². The van der Waals surface area contributed by atoms with Gasteiger partial charge in [-0.3, -0.25) is 9.48 Å². The van der Waals surface area contributed by atoms with Gasteiger partial charge in [0.1, 0.15) is 0 Å². The lowest BCUT2D eigenvalue weighted by Crippen LogP contribution is -2.26. The largest absolute Gasteiger partial charge is 0.294 e. The maximum atomic E-state index is 12.3. The molecule has 0 unspecified atom stereocenters. The van der Waals surface area contributed by atoms with Crippen LogP contribution in [0.5, 0.6) is 0 Å². The predicted octanol–water partition coefficient (Wildman–Crippen LogP) is 1.84. The SMILES string of the molecule is CCC(=O)c1cccc(S(=O)(=O)NCCc2cnn(C)c2C)c1. The zero-order chi connectivity index (χ0) is 17.0. The molecule has 0 spiro atoms. The van der Waals surface area contributed by atoms with Crippen molar-refractivity contribution in [2.24, 2.45) is 7.05 Å². The van der Waals surface area contributed by atoms with E-state index in [4.69, 9.17) is 0 Å². The molecule has 0 aliphatic heterocycles. The van der Waals surface area contributed by atoms with E-state index < -0.39 is 10.0 Å². The Morgan fingerprint density at radius 1 is 1.35 bits per heavy atom. The van der Waals surface area contributed by atoms with Crippen LogP contribution in [-0.4, -0.2) is 30.5 Å². The van der Waals surface area contributed by atoms with Crippen LogP contribution in [0.4, 0.5) is 0 Å². The van der Waals surface area contributed by atoms with Crippen LogP contribution in [0.1, 0.15) is 35.0 Å². The summed E-state index contributed by atoms with van der Waals surface area (Å²) in [5.74, 6) is -0.0759. The summed E-state index contributed by atoms with van der Waals surface area (Å²) in [6, 6.07) is 6.13. The van der Waals surface area contributed by atoms with Crippen molar-refractivity contribution in [3.63, 3.8) is 0 Å². The molecular weight excluding hydrogens is 314 g/mol. The van der Waals surface area contributed by atoms with E-state index in [9.17, 15) is 13.2 Å². The van der Waals surface area contributed by atoms with Gasteiger partial charge in [-0.15, -0.1) is 0 Å². The molecule has 1 heterocycles. The Morgan fingerprint density at radius 2 is 2.09 bits per heavy atom. The maximum absolute atomic E-state index is 12.3. The number of carbonyl (C=O) groups excluding carboxylic acids is 1. The summed E-state index contributed by atoms with van der Waals surface area (Å²) < 4.78 is 29.0. The zero-order valence-electron chi connectivity index (χ0n) is 13.5. The van der Waals surface area contributed by atoms with Crippen LogP contribution >= 0.6 is 0 Å². The number of hydrogen-bond acceptors (Lipinski definition) is 4. The van der Waals surface area contributed by atoms with Crippen molar-refractivity contribution in [3.8, 4) is 0 Å². The van der Waals surface area contributed by atoms with Crippen molar-refractivity contribution < 1.29 is 13.2 Å². The minimum absolute atomic E-state index is 0.0759. The van der Waals surface area contributed by atoms with Crippen LogP contribution < -0.4 is 4.72 Å². The monoisotopic (exact) mass is 335 g/mol. The van der Waals surface area contributed by atoms with Crippen molar-refractivity contribution in [2.45, 2.75) is 31.6 Å². The molecule has 1 aromatic heterocycles. The number of ketones is 1. The quantitative estimate of drug-likeness (QED) is 0.783. The van der Waals surface area contributed by atoms with Gasteiger partial charge in [-0.05, 0) is 31.0 Å². The summed E-state index contributed by atoms with van der Waals surface area (Å²) in [5, 5.41) is 4.13. The minimum Gasteiger partial charge on any atom is -0.294 e. The van der Waals surface area contributed by atoms with Crippen LogP contribution in [0.15, 0.2) is 35.4 Å². The molecule has 0 saturated heterocycles. The number of sulfonamides is 1. The molecule has 2 aromatic rings. The van der Waals surface area contributed by atoms with Crippen molar-refractivity contribution in [2.75, 3.05) is 6.54 Å². The second-order valence-corrected chi connectivity index (χ2v) is 7.10. The second kappa shape index (κ2) is 7.06. The van der Waals surface area contributed by atoms with E-state index in [1.54, 1.807) is 29.9 Å². The summed E-state index contributed by atoms with van der Waals surface area (Å²) >= 11 is 0. The van der Waals surface area contributed by atoms with Crippen molar-refractivity contribution in [1.29, 1.82) is 0 Å². The predicted molar refractivity (Wildman–Crippen MR) is 87.9 cm³/mol. The number of aromatic nitrogens is 2.